The fraction of sp³-hybridized carbons (Fsp3) is 0.0217. The lowest BCUT2D eigenvalue weighted by atomic mass is 9.63. The lowest BCUT2D eigenvalue weighted by Crippen LogP contribution is -2.38. The van der Waals surface area contributed by atoms with E-state index in [1.807, 2.05) is 97.1 Å². The van der Waals surface area contributed by atoms with Crippen LogP contribution in [0.5, 0.6) is 0 Å². The van der Waals surface area contributed by atoms with Crippen molar-refractivity contribution in [1.82, 2.24) is 15.0 Å². The van der Waals surface area contributed by atoms with Gasteiger partial charge in [-0.3, -0.25) is 0 Å². The van der Waals surface area contributed by atoms with Crippen LogP contribution in [0.1, 0.15) is 22.3 Å². The van der Waals surface area contributed by atoms with Gasteiger partial charge < -0.3 is 0 Å². The van der Waals surface area contributed by atoms with Crippen LogP contribution < -0.4 is 0 Å². The number of nitrogens with zero attached hydrogens (tertiary/aromatic N) is 3. The Hall–Kier alpha value is -6.50. The van der Waals surface area contributed by atoms with Crippen LogP contribution in [0.25, 0.3) is 56.4 Å². The molecule has 1 aliphatic carbocycles. The Balaban J connectivity index is 1.32. The average molecular weight is 688 g/mol. The highest BCUT2D eigenvalue weighted by Gasteiger charge is 2.51. The van der Waals surface area contributed by atoms with Crippen LogP contribution in [0.15, 0.2) is 186 Å². The molecule has 0 radical (unpaired) electrons. The fourth-order valence-corrected chi connectivity index (χ4v) is 9.95. The third-order valence-corrected chi connectivity index (χ3v) is 12.3. The Labute approximate surface area is 301 Å². The summed E-state index contributed by atoms with van der Waals surface area (Å²) in [4.78, 5) is 15.7. The van der Waals surface area contributed by atoms with Gasteiger partial charge in [-0.2, -0.15) is 0 Å². The van der Waals surface area contributed by atoms with Gasteiger partial charge in [-0.15, -0.1) is 0 Å². The maximum atomic E-state index is 14.4. The molecule has 0 bridgehead atoms. The van der Waals surface area contributed by atoms with E-state index in [0.29, 0.717) is 27.3 Å². The van der Waals surface area contributed by atoms with Crippen LogP contribution >= 0.6 is 0 Å². The quantitative estimate of drug-likeness (QED) is 0.185. The van der Waals surface area contributed by atoms with E-state index in [0.717, 1.165) is 61.2 Å². The predicted octanol–water partition coefficient (Wildman–Crippen LogP) is 10.0. The van der Waals surface area contributed by atoms with Crippen LogP contribution in [-0.4, -0.2) is 23.4 Å². The van der Waals surface area contributed by atoms with Gasteiger partial charge in [0.15, 0.2) is 17.5 Å². The van der Waals surface area contributed by atoms with Crippen molar-refractivity contribution in [3.05, 3.63) is 198 Å². The molecule has 0 atom stereocenters. The topological polar surface area (TPSA) is 72.8 Å². The van der Waals surface area contributed by atoms with Gasteiger partial charge in [0.05, 0.1) is 15.2 Å². The second-order valence-corrected chi connectivity index (χ2v) is 15.0. The minimum absolute atomic E-state index is 0.321. The molecular formula is C46H29N3O2S. The van der Waals surface area contributed by atoms with E-state index in [4.69, 9.17) is 15.0 Å². The molecule has 52 heavy (non-hydrogen) atoms. The third-order valence-electron chi connectivity index (χ3n) is 10.4. The summed E-state index contributed by atoms with van der Waals surface area (Å²) in [6.45, 7) is 0. The smallest absolute Gasteiger partial charge is 0.207 e. The Morgan fingerprint density at radius 2 is 0.750 bits per heavy atom. The van der Waals surface area contributed by atoms with E-state index < -0.39 is 15.3 Å². The van der Waals surface area contributed by atoms with Crippen molar-refractivity contribution in [2.24, 2.45) is 0 Å². The van der Waals surface area contributed by atoms with Gasteiger partial charge in [-0.25, -0.2) is 23.4 Å². The highest BCUT2D eigenvalue weighted by Crippen LogP contribution is 2.59. The molecule has 1 aliphatic heterocycles. The molecule has 2 heterocycles. The molecule has 0 unspecified atom stereocenters. The van der Waals surface area contributed by atoms with Crippen molar-refractivity contribution in [2.75, 3.05) is 0 Å². The second-order valence-electron chi connectivity index (χ2n) is 13.1. The van der Waals surface area contributed by atoms with Crippen LogP contribution in [0.4, 0.5) is 0 Å². The van der Waals surface area contributed by atoms with Crippen LogP contribution in [0.2, 0.25) is 0 Å². The van der Waals surface area contributed by atoms with Crippen LogP contribution in [-0.2, 0) is 15.3 Å². The van der Waals surface area contributed by atoms with E-state index in [-0.39, 0.29) is 0 Å². The van der Waals surface area contributed by atoms with Crippen LogP contribution in [0.3, 0.4) is 0 Å². The Morgan fingerprint density at radius 1 is 0.346 bits per heavy atom. The molecule has 0 saturated carbocycles. The lowest BCUT2D eigenvalue weighted by Gasteiger charge is -2.42. The van der Waals surface area contributed by atoms with Gasteiger partial charge in [0.1, 0.15) is 0 Å². The zero-order chi connectivity index (χ0) is 34.9. The molecule has 0 amide bonds. The van der Waals surface area contributed by atoms with Crippen molar-refractivity contribution in [3.63, 3.8) is 0 Å². The maximum absolute atomic E-state index is 14.4. The average Bonchev–Trinajstić information content (AvgIpc) is 3.32. The normalized spacial score (nSPS) is 14.2. The van der Waals surface area contributed by atoms with E-state index in [1.165, 1.54) is 0 Å². The molecule has 246 valence electrons. The number of hydrogen-bond donors (Lipinski definition) is 0. The van der Waals surface area contributed by atoms with Crippen molar-refractivity contribution in [3.8, 4) is 56.4 Å². The minimum atomic E-state index is -3.80. The predicted molar refractivity (Wildman–Crippen MR) is 204 cm³/mol. The Morgan fingerprint density at radius 3 is 1.31 bits per heavy atom. The molecule has 8 aromatic rings. The number of aromatic nitrogens is 3. The highest BCUT2D eigenvalue weighted by atomic mass is 32.2. The summed E-state index contributed by atoms with van der Waals surface area (Å²) in [7, 11) is -3.80. The number of benzene rings is 7. The lowest BCUT2D eigenvalue weighted by molar-refractivity contribution is 0.579. The van der Waals surface area contributed by atoms with Gasteiger partial charge in [-0.05, 0) is 62.7 Å². The van der Waals surface area contributed by atoms with Gasteiger partial charge >= 0.3 is 0 Å². The van der Waals surface area contributed by atoms with E-state index in [2.05, 4.69) is 66.7 Å². The zero-order valence-corrected chi connectivity index (χ0v) is 28.6. The molecule has 2 aliphatic rings. The Bertz CT molecular complexity index is 2710. The minimum Gasteiger partial charge on any atom is -0.218 e. The molecule has 10 rings (SSSR count). The standard InChI is InChI=1S/C46H29N3O2S/c50-52(51)41-25-13-11-23-39(41)46(40-24-12-14-26-42(40)52)37-22-10-9-21-35(37)33-19-7-8-20-34(33)36-29-32(27-28-38(36)46)45-48-43(30-15-3-1-4-16-30)47-44(49-45)31-17-5-2-6-18-31/h1-29H. The van der Waals surface area contributed by atoms with E-state index in [1.54, 1.807) is 12.1 Å². The summed E-state index contributed by atoms with van der Waals surface area (Å²) in [5, 5.41) is 0. The summed E-state index contributed by atoms with van der Waals surface area (Å²) >= 11 is 0. The molecule has 1 spiro atoms. The third kappa shape index (κ3) is 4.34. The molecular weight excluding hydrogens is 659 g/mol. The monoisotopic (exact) mass is 687 g/mol. The summed E-state index contributed by atoms with van der Waals surface area (Å²) < 4.78 is 28.7. The first kappa shape index (κ1) is 30.3. The summed E-state index contributed by atoms with van der Waals surface area (Å²) in [6, 6.07) is 58.2. The van der Waals surface area contributed by atoms with Gasteiger partial charge in [0, 0.05) is 16.7 Å². The summed E-state index contributed by atoms with van der Waals surface area (Å²) in [6.07, 6.45) is 0. The van der Waals surface area contributed by atoms with Gasteiger partial charge in [-0.1, -0.05) is 158 Å². The molecule has 0 saturated heterocycles. The SMILES string of the molecule is O=S1(=O)c2ccccc2C2(c3ccccc3-c3ccccc3-c3cc(-c4nc(-c5ccccc5)nc(-c5ccccc5)n4)ccc32)c2ccccc21. The van der Waals surface area contributed by atoms with E-state index in [9.17, 15) is 8.42 Å². The first-order chi connectivity index (χ1) is 25.5. The van der Waals surface area contributed by atoms with Gasteiger partial charge in [0.2, 0.25) is 9.84 Å². The zero-order valence-electron chi connectivity index (χ0n) is 27.8. The number of hydrogen-bond acceptors (Lipinski definition) is 5. The fourth-order valence-electron chi connectivity index (χ4n) is 8.18. The van der Waals surface area contributed by atoms with Crippen molar-refractivity contribution < 1.29 is 8.42 Å². The molecule has 0 N–H and O–H groups in total. The maximum Gasteiger partial charge on any atom is 0.207 e. The highest BCUT2D eigenvalue weighted by molar-refractivity contribution is 7.91. The van der Waals surface area contributed by atoms with Crippen molar-refractivity contribution in [1.29, 1.82) is 0 Å². The molecule has 7 aromatic carbocycles. The number of fused-ring (bicyclic) bond motifs is 11. The summed E-state index contributed by atoms with van der Waals surface area (Å²) in [5.41, 5.74) is 9.32. The largest absolute Gasteiger partial charge is 0.218 e. The summed E-state index contributed by atoms with van der Waals surface area (Å²) in [5.74, 6) is 1.73. The first-order valence-corrected chi connectivity index (χ1v) is 18.7. The molecule has 5 nitrogen and oxygen atoms in total. The van der Waals surface area contributed by atoms with Crippen molar-refractivity contribution in [2.45, 2.75) is 15.2 Å². The van der Waals surface area contributed by atoms with Gasteiger partial charge in [0.25, 0.3) is 0 Å². The molecule has 0 fully saturated rings. The molecule has 6 heteroatoms. The van der Waals surface area contributed by atoms with E-state index >= 15 is 0 Å². The van der Waals surface area contributed by atoms with Crippen LogP contribution in [0, 0.1) is 0 Å². The number of rotatable bonds is 3. The van der Waals surface area contributed by atoms with Crippen molar-refractivity contribution >= 4 is 9.84 Å². The second kappa shape index (κ2) is 11.5. The Kier molecular flexibility index (Phi) is 6.72. The number of sulfone groups is 1. The molecule has 1 aromatic heterocycles. The first-order valence-electron chi connectivity index (χ1n) is 17.2.